The van der Waals surface area contributed by atoms with Gasteiger partial charge in [-0.25, -0.2) is 9.59 Å². The predicted octanol–water partition coefficient (Wildman–Crippen LogP) is 1.28. The normalized spacial score (nSPS) is 10.7. The number of fused-ring (bicyclic) bond motifs is 1. The van der Waals surface area contributed by atoms with Crippen LogP contribution in [0.2, 0.25) is 0 Å². The number of carbonyl (C=O) groups excluding carboxylic acids is 2. The summed E-state index contributed by atoms with van der Waals surface area (Å²) >= 11 is 0. The number of benzene rings is 2. The zero-order valence-corrected chi connectivity index (χ0v) is 15.5. The molecule has 0 heterocycles. The minimum atomic E-state index is -4.64. The van der Waals surface area contributed by atoms with E-state index in [2.05, 4.69) is 9.47 Å². The largest absolute Gasteiger partial charge is 0.465 e. The quantitative estimate of drug-likeness (QED) is 0.506. The maximum Gasteiger partial charge on any atom is 0.339 e. The molecule has 0 aromatic heterocycles. The van der Waals surface area contributed by atoms with Crippen molar-refractivity contribution >= 4 is 62.4 Å². The van der Waals surface area contributed by atoms with E-state index in [-0.39, 0.29) is 40.7 Å². The zero-order valence-electron chi connectivity index (χ0n) is 12.7. The first-order chi connectivity index (χ1) is 10.3. The molecule has 0 bridgehead atoms. The van der Waals surface area contributed by atoms with E-state index in [9.17, 15) is 22.6 Å². The smallest absolute Gasteiger partial charge is 0.339 e. The number of rotatable bonds is 3. The zero-order chi connectivity index (χ0) is 16.5. The van der Waals surface area contributed by atoms with Crippen LogP contribution in [0.15, 0.2) is 35.2 Å². The Labute approximate surface area is 154 Å². The Hall–Kier alpha value is -1.45. The molecule has 23 heavy (non-hydrogen) atoms. The van der Waals surface area contributed by atoms with Gasteiger partial charge in [-0.15, -0.1) is 0 Å². The summed E-state index contributed by atoms with van der Waals surface area (Å²) in [6.45, 7) is 0. The number of hydrogen-bond acceptors (Lipinski definition) is 6. The van der Waals surface area contributed by atoms with Gasteiger partial charge >= 0.3 is 11.9 Å². The van der Waals surface area contributed by atoms with Crippen LogP contribution >= 0.6 is 0 Å². The summed E-state index contributed by atoms with van der Waals surface area (Å²) in [6, 6.07) is 6.77. The summed E-state index contributed by atoms with van der Waals surface area (Å²) in [6.07, 6.45) is 0. The summed E-state index contributed by atoms with van der Waals surface area (Å²) in [4.78, 5) is 22.6. The van der Waals surface area contributed by atoms with Gasteiger partial charge in [-0.05, 0) is 35.0 Å². The first kappa shape index (κ1) is 19.6. The molecular formula is C14H12NaO7S. The minimum absolute atomic E-state index is 0. The predicted molar refractivity (Wildman–Crippen MR) is 82.2 cm³/mol. The minimum Gasteiger partial charge on any atom is -0.465 e. The standard InChI is InChI=1S/C14H12O7S.Na/c1-20-13(15)9-4-3-8-6-11(14(16)21-2)12(22(17,18)19)7-10(8)5-9;/h3-7H,1-2H3,(H,17,18,19);. The average Bonchev–Trinajstić information content (AvgIpc) is 2.50. The fraction of sp³-hybridized carbons (Fsp3) is 0.143. The molecule has 7 nitrogen and oxygen atoms in total. The van der Waals surface area contributed by atoms with Crippen LogP contribution < -0.4 is 0 Å². The van der Waals surface area contributed by atoms with Gasteiger partial charge in [-0.3, -0.25) is 4.55 Å². The first-order valence-electron chi connectivity index (χ1n) is 6.00. The van der Waals surface area contributed by atoms with E-state index in [4.69, 9.17) is 0 Å². The molecular weight excluding hydrogens is 335 g/mol. The Morgan fingerprint density at radius 3 is 2.09 bits per heavy atom. The second-order valence-corrected chi connectivity index (χ2v) is 5.76. The van der Waals surface area contributed by atoms with Gasteiger partial charge < -0.3 is 9.47 Å². The Morgan fingerprint density at radius 2 is 1.57 bits per heavy atom. The molecule has 1 N–H and O–H groups in total. The molecule has 2 aromatic rings. The van der Waals surface area contributed by atoms with Crippen LogP contribution in [0.1, 0.15) is 20.7 Å². The topological polar surface area (TPSA) is 107 Å². The molecule has 0 unspecified atom stereocenters. The fourth-order valence-electron chi connectivity index (χ4n) is 2.00. The van der Waals surface area contributed by atoms with Gasteiger partial charge in [0, 0.05) is 29.6 Å². The van der Waals surface area contributed by atoms with Crippen LogP contribution in [-0.4, -0.2) is 68.7 Å². The third-order valence-corrected chi connectivity index (χ3v) is 3.94. The molecule has 0 spiro atoms. The molecule has 0 saturated heterocycles. The van der Waals surface area contributed by atoms with Crippen molar-refractivity contribution in [2.45, 2.75) is 4.90 Å². The third-order valence-electron chi connectivity index (χ3n) is 3.04. The summed E-state index contributed by atoms with van der Waals surface area (Å²) in [7, 11) is -2.32. The molecule has 0 amide bonds. The summed E-state index contributed by atoms with van der Waals surface area (Å²) in [5.41, 5.74) is -0.0783. The molecule has 1 radical (unpaired) electrons. The molecule has 0 atom stereocenters. The molecule has 0 saturated carbocycles. The van der Waals surface area contributed by atoms with Gasteiger partial charge in [-0.1, -0.05) is 6.07 Å². The molecule has 9 heteroatoms. The monoisotopic (exact) mass is 347 g/mol. The number of hydrogen-bond donors (Lipinski definition) is 1. The third kappa shape index (κ3) is 4.10. The van der Waals surface area contributed by atoms with Crippen LogP contribution in [0.5, 0.6) is 0 Å². The summed E-state index contributed by atoms with van der Waals surface area (Å²) in [5.74, 6) is -1.49. The van der Waals surface area contributed by atoms with Crippen molar-refractivity contribution < 1.29 is 32.0 Å². The van der Waals surface area contributed by atoms with Crippen molar-refractivity contribution in [1.29, 1.82) is 0 Å². The van der Waals surface area contributed by atoms with Crippen molar-refractivity contribution in [3.05, 3.63) is 41.5 Å². The number of carbonyl (C=O) groups is 2. The van der Waals surface area contributed by atoms with E-state index in [1.165, 1.54) is 31.4 Å². The van der Waals surface area contributed by atoms with Crippen molar-refractivity contribution in [1.82, 2.24) is 0 Å². The van der Waals surface area contributed by atoms with Gasteiger partial charge in [0.2, 0.25) is 0 Å². The van der Waals surface area contributed by atoms with Crippen molar-refractivity contribution in [2.24, 2.45) is 0 Å². The van der Waals surface area contributed by atoms with Crippen molar-refractivity contribution in [3.63, 3.8) is 0 Å². The molecule has 0 aliphatic carbocycles. The van der Waals surface area contributed by atoms with Gasteiger partial charge in [0.1, 0.15) is 4.90 Å². The van der Waals surface area contributed by atoms with Crippen LogP contribution in [0, 0.1) is 0 Å². The van der Waals surface area contributed by atoms with Crippen LogP contribution in [0.25, 0.3) is 10.8 Å². The number of ether oxygens (including phenoxy) is 2. The van der Waals surface area contributed by atoms with E-state index in [0.29, 0.717) is 10.8 Å². The second-order valence-electron chi connectivity index (χ2n) is 4.37. The Balaban J connectivity index is 0.00000264. The van der Waals surface area contributed by atoms with E-state index in [1.54, 1.807) is 0 Å². The van der Waals surface area contributed by atoms with Crippen LogP contribution in [-0.2, 0) is 19.6 Å². The molecule has 0 aliphatic rings. The molecule has 0 fully saturated rings. The van der Waals surface area contributed by atoms with Crippen molar-refractivity contribution in [2.75, 3.05) is 14.2 Å². The van der Waals surface area contributed by atoms with E-state index in [1.807, 2.05) is 0 Å². The second kappa shape index (κ2) is 7.41. The molecule has 2 aromatic carbocycles. The van der Waals surface area contributed by atoms with Crippen LogP contribution in [0.3, 0.4) is 0 Å². The van der Waals surface area contributed by atoms with Gasteiger partial charge in [0.15, 0.2) is 0 Å². The number of methoxy groups -OCH3 is 2. The van der Waals surface area contributed by atoms with Crippen LogP contribution in [0.4, 0.5) is 0 Å². The molecule has 117 valence electrons. The summed E-state index contributed by atoms with van der Waals surface area (Å²) < 4.78 is 41.3. The number of esters is 2. The van der Waals surface area contributed by atoms with E-state index >= 15 is 0 Å². The van der Waals surface area contributed by atoms with Crippen molar-refractivity contribution in [3.8, 4) is 0 Å². The Kier molecular flexibility index (Phi) is 6.32. The average molecular weight is 347 g/mol. The van der Waals surface area contributed by atoms with Gasteiger partial charge in [-0.2, -0.15) is 8.42 Å². The Bertz CT molecular complexity index is 874. The fourth-order valence-corrected chi connectivity index (χ4v) is 2.70. The van der Waals surface area contributed by atoms with E-state index in [0.717, 1.165) is 13.2 Å². The van der Waals surface area contributed by atoms with Gasteiger partial charge in [0.25, 0.3) is 10.1 Å². The SMILES string of the molecule is COC(=O)c1ccc2cc(C(=O)OC)c(S(=O)(=O)O)cc2c1.[Na]. The Morgan fingerprint density at radius 1 is 0.957 bits per heavy atom. The molecule has 0 aliphatic heterocycles. The maximum atomic E-state index is 11.7. The maximum absolute atomic E-state index is 11.7. The van der Waals surface area contributed by atoms with Gasteiger partial charge in [0.05, 0.1) is 25.3 Å². The van der Waals surface area contributed by atoms with E-state index < -0.39 is 27.0 Å². The molecule has 2 rings (SSSR count). The first-order valence-corrected chi connectivity index (χ1v) is 7.44. The summed E-state index contributed by atoms with van der Waals surface area (Å²) in [5, 5.41) is 0.851.